The Balaban J connectivity index is 1.44. The minimum Gasteiger partial charge on any atom is -0.310 e. The fourth-order valence-corrected chi connectivity index (χ4v) is 4.55. The molecule has 0 unspecified atom stereocenters. The van der Waals surface area contributed by atoms with E-state index in [2.05, 4.69) is 28.9 Å². The molecule has 2 aliphatic rings. The second-order valence-corrected chi connectivity index (χ2v) is 7.61. The molecule has 0 bridgehead atoms. The van der Waals surface area contributed by atoms with E-state index in [1.54, 1.807) is 12.4 Å². The van der Waals surface area contributed by atoms with Gasteiger partial charge in [-0.1, -0.05) is 0 Å². The number of amides is 1. The normalized spacial score (nSPS) is 25.0. The lowest BCUT2D eigenvalue weighted by Gasteiger charge is -2.21. The summed E-state index contributed by atoms with van der Waals surface area (Å²) >= 11 is 1.86. The summed E-state index contributed by atoms with van der Waals surface area (Å²) < 4.78 is 0. The van der Waals surface area contributed by atoms with Crippen LogP contribution in [-0.4, -0.2) is 35.4 Å². The van der Waals surface area contributed by atoms with Crippen LogP contribution in [0.3, 0.4) is 0 Å². The van der Waals surface area contributed by atoms with E-state index in [1.807, 2.05) is 28.4 Å². The monoisotopic (exact) mass is 313 g/mol. The Morgan fingerprint density at radius 3 is 2.86 bits per heavy atom. The first-order chi connectivity index (χ1) is 10.7. The number of carbonyl (C=O) groups is 1. The molecular weight excluding hydrogens is 294 g/mol. The average molecular weight is 313 g/mol. The lowest BCUT2D eigenvalue weighted by molar-refractivity contribution is -0.120. The van der Waals surface area contributed by atoms with Crippen LogP contribution in [0.4, 0.5) is 5.69 Å². The third-order valence-electron chi connectivity index (χ3n) is 4.65. The number of nitrogens with zero attached hydrogens (tertiary/aromatic N) is 3. The summed E-state index contributed by atoms with van der Waals surface area (Å²) in [6, 6.07) is 8.24. The molecule has 2 atom stereocenters. The Bertz CT molecular complexity index is 684. The van der Waals surface area contributed by atoms with E-state index in [9.17, 15) is 4.79 Å². The van der Waals surface area contributed by atoms with Crippen molar-refractivity contribution in [3.05, 3.63) is 46.4 Å². The molecule has 114 valence electrons. The van der Waals surface area contributed by atoms with Crippen molar-refractivity contribution < 1.29 is 4.79 Å². The van der Waals surface area contributed by atoms with E-state index < -0.39 is 0 Å². The molecule has 2 aliphatic heterocycles. The lowest BCUT2D eigenvalue weighted by atomic mass is 10.0. The van der Waals surface area contributed by atoms with Gasteiger partial charge in [0.1, 0.15) is 0 Å². The van der Waals surface area contributed by atoms with Crippen LogP contribution in [0.15, 0.2) is 36.7 Å². The highest BCUT2D eigenvalue weighted by molar-refractivity contribution is 7.11. The van der Waals surface area contributed by atoms with Crippen LogP contribution >= 0.6 is 11.3 Å². The summed E-state index contributed by atoms with van der Waals surface area (Å²) in [6.07, 6.45) is 3.53. The van der Waals surface area contributed by atoms with Crippen LogP contribution in [0.1, 0.15) is 9.75 Å². The zero-order chi connectivity index (χ0) is 15.1. The van der Waals surface area contributed by atoms with Crippen LogP contribution in [-0.2, 0) is 11.3 Å². The molecule has 0 aliphatic carbocycles. The standard InChI is InChI=1S/C17H19N3OS/c1-12-4-5-15(22-12)10-19-8-13-9-20(17(21)16(13)11-19)14-3-2-6-18-7-14/h2-7,13,16H,8-11H2,1H3/t13-,16-/m0/s1. The number of aryl methyl sites for hydroxylation is 1. The highest BCUT2D eigenvalue weighted by Crippen LogP contribution is 2.35. The van der Waals surface area contributed by atoms with Crippen molar-refractivity contribution in [1.29, 1.82) is 0 Å². The molecule has 22 heavy (non-hydrogen) atoms. The summed E-state index contributed by atoms with van der Waals surface area (Å²) in [5.74, 6) is 0.873. The minimum atomic E-state index is 0.154. The van der Waals surface area contributed by atoms with Crippen LogP contribution in [0.25, 0.3) is 0 Å². The quantitative estimate of drug-likeness (QED) is 0.874. The molecule has 1 amide bonds. The SMILES string of the molecule is Cc1ccc(CN2C[C@H]3CN(c4cccnc4)C(=O)[C@H]3C2)s1. The van der Waals surface area contributed by atoms with Crippen molar-refractivity contribution in [2.45, 2.75) is 13.5 Å². The summed E-state index contributed by atoms with van der Waals surface area (Å²) in [5.41, 5.74) is 0.933. The number of hydrogen-bond acceptors (Lipinski definition) is 4. The largest absolute Gasteiger partial charge is 0.310 e. The van der Waals surface area contributed by atoms with Crippen LogP contribution in [0, 0.1) is 18.8 Å². The summed E-state index contributed by atoms with van der Waals surface area (Å²) in [7, 11) is 0. The smallest absolute Gasteiger partial charge is 0.231 e. The average Bonchev–Trinajstić information content (AvgIpc) is 3.18. The van der Waals surface area contributed by atoms with Gasteiger partial charge >= 0.3 is 0 Å². The summed E-state index contributed by atoms with van der Waals surface area (Å²) in [5, 5.41) is 0. The molecule has 5 heteroatoms. The van der Waals surface area contributed by atoms with Gasteiger partial charge in [-0.2, -0.15) is 0 Å². The maximum absolute atomic E-state index is 12.7. The van der Waals surface area contributed by atoms with Crippen LogP contribution in [0.2, 0.25) is 0 Å². The topological polar surface area (TPSA) is 36.4 Å². The van der Waals surface area contributed by atoms with Crippen molar-refractivity contribution in [2.24, 2.45) is 11.8 Å². The number of rotatable bonds is 3. The molecule has 0 aromatic carbocycles. The highest BCUT2D eigenvalue weighted by atomic mass is 32.1. The van der Waals surface area contributed by atoms with Gasteiger partial charge in [0, 0.05) is 48.0 Å². The second-order valence-electron chi connectivity index (χ2n) is 6.23. The van der Waals surface area contributed by atoms with Crippen molar-refractivity contribution in [2.75, 3.05) is 24.5 Å². The molecule has 0 radical (unpaired) electrons. The predicted molar refractivity (Wildman–Crippen MR) is 87.9 cm³/mol. The van der Waals surface area contributed by atoms with Crippen molar-refractivity contribution >= 4 is 22.9 Å². The molecular formula is C17H19N3OS. The maximum Gasteiger partial charge on any atom is 0.231 e. The Kier molecular flexibility index (Phi) is 3.47. The van der Waals surface area contributed by atoms with Gasteiger partial charge in [-0.25, -0.2) is 0 Å². The first-order valence-corrected chi connectivity index (χ1v) is 8.51. The molecule has 2 aromatic heterocycles. The van der Waals surface area contributed by atoms with Crippen LogP contribution < -0.4 is 4.90 Å². The number of fused-ring (bicyclic) bond motifs is 1. The predicted octanol–water partition coefficient (Wildman–Crippen LogP) is 2.55. The third kappa shape index (κ3) is 2.44. The van der Waals surface area contributed by atoms with Crippen molar-refractivity contribution in [3.63, 3.8) is 0 Å². The molecule has 2 fully saturated rings. The van der Waals surface area contributed by atoms with E-state index in [1.165, 1.54) is 9.75 Å². The van der Waals surface area contributed by atoms with Crippen LogP contribution in [0.5, 0.6) is 0 Å². The molecule has 2 aromatic rings. The zero-order valence-corrected chi connectivity index (χ0v) is 13.4. The molecule has 4 heterocycles. The number of pyridine rings is 1. The van der Waals surface area contributed by atoms with E-state index >= 15 is 0 Å². The van der Waals surface area contributed by atoms with E-state index in [-0.39, 0.29) is 11.8 Å². The number of carbonyl (C=O) groups excluding carboxylic acids is 1. The maximum atomic E-state index is 12.7. The molecule has 2 saturated heterocycles. The number of anilines is 1. The first kappa shape index (κ1) is 13.9. The lowest BCUT2D eigenvalue weighted by Crippen LogP contribution is -2.32. The van der Waals surface area contributed by atoms with E-state index in [0.717, 1.165) is 31.9 Å². The molecule has 0 saturated carbocycles. The Morgan fingerprint density at radius 2 is 2.18 bits per heavy atom. The van der Waals surface area contributed by atoms with Gasteiger partial charge in [0.2, 0.25) is 5.91 Å². The number of thiophene rings is 1. The minimum absolute atomic E-state index is 0.154. The van der Waals surface area contributed by atoms with Gasteiger partial charge in [0.25, 0.3) is 0 Å². The molecule has 4 nitrogen and oxygen atoms in total. The third-order valence-corrected chi connectivity index (χ3v) is 5.64. The molecule has 0 N–H and O–H groups in total. The summed E-state index contributed by atoms with van der Waals surface area (Å²) in [6.45, 7) is 5.85. The Labute approximate surface area is 134 Å². The Morgan fingerprint density at radius 1 is 1.27 bits per heavy atom. The first-order valence-electron chi connectivity index (χ1n) is 7.70. The van der Waals surface area contributed by atoms with Gasteiger partial charge in [-0.15, -0.1) is 11.3 Å². The van der Waals surface area contributed by atoms with Crippen molar-refractivity contribution in [1.82, 2.24) is 9.88 Å². The fraction of sp³-hybridized carbons (Fsp3) is 0.412. The molecule has 4 rings (SSSR count). The van der Waals surface area contributed by atoms with Gasteiger partial charge in [0.15, 0.2) is 0 Å². The second kappa shape index (κ2) is 5.48. The van der Waals surface area contributed by atoms with Gasteiger partial charge in [-0.3, -0.25) is 14.7 Å². The van der Waals surface area contributed by atoms with Gasteiger partial charge in [0.05, 0.1) is 17.8 Å². The Hall–Kier alpha value is -1.72. The van der Waals surface area contributed by atoms with E-state index in [4.69, 9.17) is 0 Å². The van der Waals surface area contributed by atoms with E-state index in [0.29, 0.717) is 5.92 Å². The summed E-state index contributed by atoms with van der Waals surface area (Å²) in [4.78, 5) is 23.9. The number of aromatic nitrogens is 1. The fourth-order valence-electron chi connectivity index (χ4n) is 3.62. The highest BCUT2D eigenvalue weighted by Gasteiger charge is 2.46. The number of likely N-dealkylation sites (tertiary alicyclic amines) is 1. The van der Waals surface area contributed by atoms with Crippen molar-refractivity contribution in [3.8, 4) is 0 Å². The zero-order valence-electron chi connectivity index (χ0n) is 12.6. The molecule has 0 spiro atoms. The van der Waals surface area contributed by atoms with Gasteiger partial charge in [-0.05, 0) is 31.2 Å². The van der Waals surface area contributed by atoms with Gasteiger partial charge < -0.3 is 4.90 Å². The number of hydrogen-bond donors (Lipinski definition) is 0.